The second kappa shape index (κ2) is 8.96. The molecule has 0 aliphatic carbocycles. The number of hydrogen-bond acceptors (Lipinski definition) is 3. The second-order valence-electron chi connectivity index (χ2n) is 6.22. The van der Waals surface area contributed by atoms with E-state index in [0.717, 1.165) is 12.0 Å². The fourth-order valence-corrected chi connectivity index (χ4v) is 3.94. The van der Waals surface area contributed by atoms with Crippen LogP contribution in [0.1, 0.15) is 43.1 Å². The van der Waals surface area contributed by atoms with Crippen LogP contribution < -0.4 is 5.32 Å². The molecule has 1 atom stereocenters. The van der Waals surface area contributed by atoms with Crippen molar-refractivity contribution in [3.63, 3.8) is 0 Å². The molecule has 1 N–H and O–H groups in total. The molecule has 0 fully saturated rings. The number of hydrogen-bond donors (Lipinski definition) is 1. The largest absolute Gasteiger partial charge is 0.350 e. The molecule has 0 unspecified atom stereocenters. The summed E-state index contributed by atoms with van der Waals surface area (Å²) < 4.78 is 26.9. The summed E-state index contributed by atoms with van der Waals surface area (Å²) >= 11 is 0. The molecule has 0 bridgehead atoms. The summed E-state index contributed by atoms with van der Waals surface area (Å²) in [5.41, 5.74) is 1.41. The maximum atomic E-state index is 12.8. The van der Waals surface area contributed by atoms with Gasteiger partial charge in [-0.25, -0.2) is 8.42 Å². The van der Waals surface area contributed by atoms with E-state index >= 15 is 0 Å². The molecule has 0 saturated heterocycles. The van der Waals surface area contributed by atoms with E-state index in [0.29, 0.717) is 12.1 Å². The van der Waals surface area contributed by atoms with Crippen LogP contribution in [0, 0.1) is 0 Å². The molecular weight excluding hydrogens is 348 g/mol. The standard InChI is InChI=1S/C20H26N2O3S/c1-4-16(3)21-20(23)18-13-11-17(12-14-18)15-22(5-2)26(24,25)19-9-7-6-8-10-19/h6-14,16H,4-5,15H2,1-3H3,(H,21,23)/t16-/m1/s1. The Bertz CT molecular complexity index is 818. The van der Waals surface area contributed by atoms with Gasteiger partial charge in [-0.2, -0.15) is 4.31 Å². The van der Waals surface area contributed by atoms with E-state index in [1.165, 1.54) is 4.31 Å². The molecule has 2 aromatic carbocycles. The Kier molecular flexibility index (Phi) is 6.94. The van der Waals surface area contributed by atoms with Gasteiger partial charge in [-0.15, -0.1) is 0 Å². The van der Waals surface area contributed by atoms with Gasteiger partial charge in [0.25, 0.3) is 5.91 Å². The Morgan fingerprint density at radius 1 is 1.04 bits per heavy atom. The van der Waals surface area contributed by atoms with Gasteiger partial charge in [0.1, 0.15) is 0 Å². The number of nitrogens with one attached hydrogen (secondary N) is 1. The third-order valence-electron chi connectivity index (χ3n) is 4.30. The highest BCUT2D eigenvalue weighted by Gasteiger charge is 2.22. The van der Waals surface area contributed by atoms with E-state index in [-0.39, 0.29) is 23.4 Å². The average molecular weight is 375 g/mol. The molecule has 0 spiro atoms. The SMILES string of the molecule is CC[C@@H](C)NC(=O)c1ccc(CN(CC)S(=O)(=O)c2ccccc2)cc1. The second-order valence-corrected chi connectivity index (χ2v) is 8.16. The third kappa shape index (κ3) is 4.93. The summed E-state index contributed by atoms with van der Waals surface area (Å²) in [6, 6.07) is 15.6. The van der Waals surface area contributed by atoms with E-state index in [9.17, 15) is 13.2 Å². The Morgan fingerprint density at radius 2 is 1.65 bits per heavy atom. The maximum absolute atomic E-state index is 12.8. The molecule has 5 nitrogen and oxygen atoms in total. The zero-order valence-corrected chi connectivity index (χ0v) is 16.3. The van der Waals surface area contributed by atoms with Crippen molar-refractivity contribution >= 4 is 15.9 Å². The molecule has 1 amide bonds. The molecule has 2 aromatic rings. The molecule has 0 aromatic heterocycles. The minimum absolute atomic E-state index is 0.116. The highest BCUT2D eigenvalue weighted by Crippen LogP contribution is 2.18. The van der Waals surface area contributed by atoms with Crippen molar-refractivity contribution in [2.75, 3.05) is 6.54 Å². The zero-order valence-electron chi connectivity index (χ0n) is 15.5. The third-order valence-corrected chi connectivity index (χ3v) is 6.23. The van der Waals surface area contributed by atoms with Crippen LogP contribution in [-0.4, -0.2) is 31.2 Å². The van der Waals surface area contributed by atoms with Crippen LogP contribution in [0.2, 0.25) is 0 Å². The minimum Gasteiger partial charge on any atom is -0.350 e. The van der Waals surface area contributed by atoms with Crippen LogP contribution in [0.5, 0.6) is 0 Å². The lowest BCUT2D eigenvalue weighted by atomic mass is 10.1. The Morgan fingerprint density at radius 3 is 2.19 bits per heavy atom. The molecule has 0 radical (unpaired) electrons. The lowest BCUT2D eigenvalue weighted by Crippen LogP contribution is -2.32. The van der Waals surface area contributed by atoms with E-state index in [2.05, 4.69) is 5.32 Å². The van der Waals surface area contributed by atoms with Gasteiger partial charge in [-0.3, -0.25) is 4.79 Å². The normalized spacial score (nSPS) is 12.8. The van der Waals surface area contributed by atoms with E-state index in [4.69, 9.17) is 0 Å². The van der Waals surface area contributed by atoms with Crippen molar-refractivity contribution in [2.45, 2.75) is 44.7 Å². The Balaban J connectivity index is 2.13. The fourth-order valence-electron chi connectivity index (χ4n) is 2.48. The first-order valence-corrected chi connectivity index (χ1v) is 10.3. The van der Waals surface area contributed by atoms with Crippen molar-refractivity contribution in [2.24, 2.45) is 0 Å². The van der Waals surface area contributed by atoms with Crippen molar-refractivity contribution in [3.8, 4) is 0 Å². The van der Waals surface area contributed by atoms with Crippen LogP contribution in [0.3, 0.4) is 0 Å². The lowest BCUT2D eigenvalue weighted by Gasteiger charge is -2.20. The number of nitrogens with zero attached hydrogens (tertiary/aromatic N) is 1. The smallest absolute Gasteiger partial charge is 0.251 e. The summed E-state index contributed by atoms with van der Waals surface area (Å²) in [7, 11) is -3.54. The van der Waals surface area contributed by atoms with Gasteiger partial charge < -0.3 is 5.32 Å². The quantitative estimate of drug-likeness (QED) is 0.770. The summed E-state index contributed by atoms with van der Waals surface area (Å²) in [4.78, 5) is 12.4. The zero-order chi connectivity index (χ0) is 19.2. The molecular formula is C20H26N2O3S. The van der Waals surface area contributed by atoms with Crippen molar-refractivity contribution in [1.82, 2.24) is 9.62 Å². The summed E-state index contributed by atoms with van der Waals surface area (Å²) in [6.45, 7) is 6.42. The molecule has 2 rings (SSSR count). The summed E-state index contributed by atoms with van der Waals surface area (Å²) in [6.07, 6.45) is 0.868. The van der Waals surface area contributed by atoms with Crippen LogP contribution in [-0.2, 0) is 16.6 Å². The van der Waals surface area contributed by atoms with Gasteiger partial charge in [0.15, 0.2) is 0 Å². The van der Waals surface area contributed by atoms with Crippen molar-refractivity contribution in [3.05, 3.63) is 65.7 Å². The van der Waals surface area contributed by atoms with Crippen LogP contribution in [0.15, 0.2) is 59.5 Å². The number of benzene rings is 2. The van der Waals surface area contributed by atoms with Crippen LogP contribution in [0.4, 0.5) is 0 Å². The minimum atomic E-state index is -3.54. The maximum Gasteiger partial charge on any atom is 0.251 e. The van der Waals surface area contributed by atoms with Gasteiger partial charge in [-0.1, -0.05) is 44.2 Å². The summed E-state index contributed by atoms with van der Waals surface area (Å²) in [5, 5.41) is 2.92. The highest BCUT2D eigenvalue weighted by molar-refractivity contribution is 7.89. The van der Waals surface area contributed by atoms with Gasteiger partial charge in [0.05, 0.1) is 4.90 Å². The van der Waals surface area contributed by atoms with Gasteiger partial charge in [0.2, 0.25) is 10.0 Å². The van der Waals surface area contributed by atoms with E-state index < -0.39 is 10.0 Å². The number of rotatable bonds is 8. The Labute approximate surface area is 156 Å². The first-order valence-electron chi connectivity index (χ1n) is 8.83. The molecule has 26 heavy (non-hydrogen) atoms. The Hall–Kier alpha value is -2.18. The molecule has 0 saturated carbocycles. The predicted molar refractivity (Wildman–Crippen MR) is 103 cm³/mol. The fraction of sp³-hybridized carbons (Fsp3) is 0.350. The first-order chi connectivity index (χ1) is 12.4. The van der Waals surface area contributed by atoms with Gasteiger partial charge in [-0.05, 0) is 43.2 Å². The van der Waals surface area contributed by atoms with E-state index in [1.54, 1.807) is 54.6 Å². The van der Waals surface area contributed by atoms with Crippen molar-refractivity contribution in [1.29, 1.82) is 0 Å². The molecule has 0 aliphatic heterocycles. The van der Waals surface area contributed by atoms with Crippen molar-refractivity contribution < 1.29 is 13.2 Å². The molecule has 0 heterocycles. The number of sulfonamides is 1. The molecule has 0 aliphatic rings. The topological polar surface area (TPSA) is 66.5 Å². The predicted octanol–water partition coefficient (Wildman–Crippen LogP) is 3.43. The van der Waals surface area contributed by atoms with Gasteiger partial charge >= 0.3 is 0 Å². The van der Waals surface area contributed by atoms with Crippen LogP contribution >= 0.6 is 0 Å². The average Bonchev–Trinajstić information content (AvgIpc) is 2.66. The lowest BCUT2D eigenvalue weighted by molar-refractivity contribution is 0.0939. The molecule has 140 valence electrons. The first kappa shape index (κ1) is 20.1. The number of amides is 1. The number of carbonyl (C=O) groups is 1. The highest BCUT2D eigenvalue weighted by atomic mass is 32.2. The molecule has 6 heteroatoms. The van der Waals surface area contributed by atoms with E-state index in [1.807, 2.05) is 20.8 Å². The summed E-state index contributed by atoms with van der Waals surface area (Å²) in [5.74, 6) is -0.116. The number of carbonyl (C=O) groups excluding carboxylic acids is 1. The van der Waals surface area contributed by atoms with Gasteiger partial charge in [0, 0.05) is 24.7 Å². The van der Waals surface area contributed by atoms with Crippen LogP contribution in [0.25, 0.3) is 0 Å². The monoisotopic (exact) mass is 374 g/mol.